The molecule has 3 unspecified atom stereocenters. The van der Waals surface area contributed by atoms with Crippen molar-refractivity contribution in [2.75, 3.05) is 0 Å². The average molecular weight is 298 g/mol. The molecule has 74 valence electrons. The van der Waals surface area contributed by atoms with Crippen LogP contribution in [0.1, 0.15) is 46.7 Å². The highest BCUT2D eigenvalue weighted by atomic mass is 127. The SMILES string of the molecule is IC1c2ccccc2C2CCCCC12. The summed E-state index contributed by atoms with van der Waals surface area (Å²) in [7, 11) is 0. The Morgan fingerprint density at radius 2 is 1.71 bits per heavy atom. The number of alkyl halides is 1. The molecular formula is C13H15I. The van der Waals surface area contributed by atoms with Crippen molar-refractivity contribution >= 4 is 22.6 Å². The molecule has 0 N–H and O–H groups in total. The van der Waals surface area contributed by atoms with Crippen LogP contribution in [0.3, 0.4) is 0 Å². The van der Waals surface area contributed by atoms with Crippen LogP contribution in [-0.4, -0.2) is 0 Å². The molecule has 14 heavy (non-hydrogen) atoms. The van der Waals surface area contributed by atoms with Crippen molar-refractivity contribution in [3.8, 4) is 0 Å². The number of hydrogen-bond acceptors (Lipinski definition) is 0. The Hall–Kier alpha value is -0.0500. The van der Waals surface area contributed by atoms with Crippen molar-refractivity contribution in [1.29, 1.82) is 0 Å². The van der Waals surface area contributed by atoms with Crippen LogP contribution in [-0.2, 0) is 0 Å². The normalized spacial score (nSPS) is 35.1. The fourth-order valence-electron chi connectivity index (χ4n) is 3.23. The van der Waals surface area contributed by atoms with E-state index in [-0.39, 0.29) is 0 Å². The molecular weight excluding hydrogens is 283 g/mol. The van der Waals surface area contributed by atoms with Crippen LogP contribution in [0.2, 0.25) is 0 Å². The summed E-state index contributed by atoms with van der Waals surface area (Å²) in [5.74, 6) is 1.84. The van der Waals surface area contributed by atoms with Gasteiger partial charge < -0.3 is 0 Å². The monoisotopic (exact) mass is 298 g/mol. The minimum absolute atomic E-state index is 0.786. The van der Waals surface area contributed by atoms with E-state index in [0.717, 1.165) is 15.8 Å². The lowest BCUT2D eigenvalue weighted by atomic mass is 9.80. The zero-order valence-corrected chi connectivity index (χ0v) is 10.4. The second-order valence-electron chi connectivity index (χ2n) is 4.59. The number of rotatable bonds is 0. The summed E-state index contributed by atoms with van der Waals surface area (Å²) in [6.07, 6.45) is 5.78. The molecule has 0 saturated heterocycles. The molecule has 3 atom stereocenters. The lowest BCUT2D eigenvalue weighted by Gasteiger charge is -2.27. The van der Waals surface area contributed by atoms with Gasteiger partial charge >= 0.3 is 0 Å². The van der Waals surface area contributed by atoms with Crippen LogP contribution in [0.5, 0.6) is 0 Å². The van der Waals surface area contributed by atoms with Gasteiger partial charge in [-0.1, -0.05) is 59.7 Å². The number of fused-ring (bicyclic) bond motifs is 3. The van der Waals surface area contributed by atoms with E-state index < -0.39 is 0 Å². The zero-order chi connectivity index (χ0) is 9.54. The Bertz CT molecular complexity index is 345. The van der Waals surface area contributed by atoms with Gasteiger partial charge in [0.25, 0.3) is 0 Å². The van der Waals surface area contributed by atoms with Crippen LogP contribution in [0.25, 0.3) is 0 Å². The summed E-state index contributed by atoms with van der Waals surface area (Å²) in [5.41, 5.74) is 3.29. The summed E-state index contributed by atoms with van der Waals surface area (Å²) in [6, 6.07) is 9.10. The van der Waals surface area contributed by atoms with E-state index in [1.54, 1.807) is 11.1 Å². The maximum absolute atomic E-state index is 2.66. The quantitative estimate of drug-likeness (QED) is 0.490. The highest BCUT2D eigenvalue weighted by Crippen LogP contribution is 2.55. The van der Waals surface area contributed by atoms with E-state index in [0.29, 0.717) is 0 Å². The van der Waals surface area contributed by atoms with Crippen molar-refractivity contribution < 1.29 is 0 Å². The van der Waals surface area contributed by atoms with Crippen molar-refractivity contribution in [3.05, 3.63) is 35.4 Å². The molecule has 1 aromatic carbocycles. The fourth-order valence-corrected chi connectivity index (χ4v) is 4.65. The number of benzene rings is 1. The van der Waals surface area contributed by atoms with Crippen LogP contribution in [0.15, 0.2) is 24.3 Å². The van der Waals surface area contributed by atoms with Gasteiger partial charge in [0.1, 0.15) is 0 Å². The standard InChI is InChI=1S/C13H15I/c14-13-11-7-3-1-5-9(11)10-6-2-4-8-12(10)13/h1,3,5,7,10,12-13H,2,4,6,8H2. The van der Waals surface area contributed by atoms with Crippen LogP contribution in [0.4, 0.5) is 0 Å². The lowest BCUT2D eigenvalue weighted by molar-refractivity contribution is 0.332. The maximum atomic E-state index is 2.66. The Kier molecular flexibility index (Phi) is 2.31. The Morgan fingerprint density at radius 3 is 2.57 bits per heavy atom. The summed E-state index contributed by atoms with van der Waals surface area (Å²) in [5, 5.41) is 0. The lowest BCUT2D eigenvalue weighted by Crippen LogP contribution is -2.13. The Morgan fingerprint density at radius 1 is 1.00 bits per heavy atom. The summed E-state index contributed by atoms with van der Waals surface area (Å²) < 4.78 is 0.786. The van der Waals surface area contributed by atoms with E-state index in [9.17, 15) is 0 Å². The molecule has 0 heterocycles. The van der Waals surface area contributed by atoms with Gasteiger partial charge in [-0.3, -0.25) is 0 Å². The fraction of sp³-hybridized carbons (Fsp3) is 0.538. The van der Waals surface area contributed by atoms with Gasteiger partial charge in [-0.15, -0.1) is 0 Å². The van der Waals surface area contributed by atoms with Crippen molar-refractivity contribution in [1.82, 2.24) is 0 Å². The number of hydrogen-bond donors (Lipinski definition) is 0. The molecule has 1 saturated carbocycles. The Labute approximate surface area is 99.2 Å². The molecule has 0 bridgehead atoms. The zero-order valence-electron chi connectivity index (χ0n) is 8.25. The predicted molar refractivity (Wildman–Crippen MR) is 67.9 cm³/mol. The van der Waals surface area contributed by atoms with Gasteiger partial charge in [-0.2, -0.15) is 0 Å². The smallest absolute Gasteiger partial charge is 0.0396 e. The largest absolute Gasteiger partial charge is 0.0771 e. The van der Waals surface area contributed by atoms with E-state index in [2.05, 4.69) is 46.9 Å². The molecule has 0 spiro atoms. The first-order valence-electron chi connectivity index (χ1n) is 5.61. The Balaban J connectivity index is 2.06. The third-order valence-electron chi connectivity index (χ3n) is 3.89. The van der Waals surface area contributed by atoms with Gasteiger partial charge in [0.2, 0.25) is 0 Å². The first-order chi connectivity index (χ1) is 6.88. The highest BCUT2D eigenvalue weighted by Gasteiger charge is 2.39. The first-order valence-corrected chi connectivity index (χ1v) is 6.85. The van der Waals surface area contributed by atoms with Crippen LogP contribution < -0.4 is 0 Å². The summed E-state index contributed by atoms with van der Waals surface area (Å²) in [4.78, 5) is 0. The molecule has 0 amide bonds. The topological polar surface area (TPSA) is 0 Å². The van der Waals surface area contributed by atoms with Crippen molar-refractivity contribution in [2.24, 2.45) is 5.92 Å². The van der Waals surface area contributed by atoms with Gasteiger partial charge in [-0.05, 0) is 35.8 Å². The second kappa shape index (κ2) is 3.51. The molecule has 3 rings (SSSR count). The minimum atomic E-state index is 0.786. The van der Waals surface area contributed by atoms with Crippen molar-refractivity contribution in [2.45, 2.75) is 35.5 Å². The molecule has 1 heteroatoms. The highest BCUT2D eigenvalue weighted by molar-refractivity contribution is 14.1. The van der Waals surface area contributed by atoms with Crippen molar-refractivity contribution in [3.63, 3.8) is 0 Å². The summed E-state index contributed by atoms with van der Waals surface area (Å²) >= 11 is 2.66. The van der Waals surface area contributed by atoms with Gasteiger partial charge in [0.05, 0.1) is 0 Å². The van der Waals surface area contributed by atoms with Gasteiger partial charge in [0.15, 0.2) is 0 Å². The molecule has 0 radical (unpaired) electrons. The maximum Gasteiger partial charge on any atom is 0.0396 e. The predicted octanol–water partition coefficient (Wildman–Crippen LogP) is 4.45. The minimum Gasteiger partial charge on any atom is -0.0771 e. The van der Waals surface area contributed by atoms with E-state index in [1.807, 2.05) is 0 Å². The van der Waals surface area contributed by atoms with E-state index >= 15 is 0 Å². The van der Waals surface area contributed by atoms with Gasteiger partial charge in [-0.25, -0.2) is 0 Å². The second-order valence-corrected chi connectivity index (χ2v) is 5.93. The molecule has 2 aliphatic carbocycles. The first kappa shape index (κ1) is 9.20. The molecule has 1 fully saturated rings. The molecule has 1 aromatic rings. The van der Waals surface area contributed by atoms with Crippen LogP contribution >= 0.6 is 22.6 Å². The third-order valence-corrected chi connectivity index (χ3v) is 5.48. The molecule has 0 nitrogen and oxygen atoms in total. The van der Waals surface area contributed by atoms with Gasteiger partial charge in [0, 0.05) is 3.92 Å². The summed E-state index contributed by atoms with van der Waals surface area (Å²) in [6.45, 7) is 0. The molecule has 0 aromatic heterocycles. The third kappa shape index (κ3) is 1.24. The number of halogens is 1. The molecule has 2 aliphatic rings. The average Bonchev–Trinajstić information content (AvgIpc) is 2.55. The molecule has 0 aliphatic heterocycles. The van der Waals surface area contributed by atoms with Crippen LogP contribution in [0, 0.1) is 5.92 Å². The van der Waals surface area contributed by atoms with E-state index in [4.69, 9.17) is 0 Å². The van der Waals surface area contributed by atoms with E-state index in [1.165, 1.54) is 25.7 Å².